The van der Waals surface area contributed by atoms with Crippen LogP contribution in [0.5, 0.6) is 0 Å². The second-order valence-electron chi connectivity index (χ2n) is 5.17. The molecule has 0 aromatic heterocycles. The highest BCUT2D eigenvalue weighted by Gasteiger charge is 2.39. The number of nitrogens with zero attached hydrogens (tertiary/aromatic N) is 2. The third-order valence-electron chi connectivity index (χ3n) is 2.87. The highest BCUT2D eigenvalue weighted by molar-refractivity contribution is 7.86. The van der Waals surface area contributed by atoms with Crippen LogP contribution in [-0.4, -0.2) is 49.8 Å². The Morgan fingerprint density at radius 2 is 1.94 bits per heavy atom. The van der Waals surface area contributed by atoms with E-state index in [9.17, 15) is 8.42 Å². The van der Waals surface area contributed by atoms with Crippen LogP contribution in [0.4, 0.5) is 0 Å². The van der Waals surface area contributed by atoms with Gasteiger partial charge >= 0.3 is 0 Å². The molecule has 0 radical (unpaired) electrons. The fourth-order valence-electron chi connectivity index (χ4n) is 1.76. The van der Waals surface area contributed by atoms with Gasteiger partial charge in [0.15, 0.2) is 0 Å². The van der Waals surface area contributed by atoms with Gasteiger partial charge in [0, 0.05) is 26.2 Å². The zero-order chi connectivity index (χ0) is 13.1. The van der Waals surface area contributed by atoms with Crippen LogP contribution in [0, 0.1) is 5.92 Å². The van der Waals surface area contributed by atoms with Crippen molar-refractivity contribution in [3.05, 3.63) is 0 Å². The molecule has 0 bridgehead atoms. The number of hydrogen-bond acceptors (Lipinski definition) is 3. The van der Waals surface area contributed by atoms with E-state index in [0.717, 1.165) is 12.8 Å². The summed E-state index contributed by atoms with van der Waals surface area (Å²) in [6, 6.07) is 0.225. The summed E-state index contributed by atoms with van der Waals surface area (Å²) in [4.78, 5) is 0. The standard InChI is InChI=1S/C11H25N3O2S/c1-10(2)9-14(11-5-6-11)17(15,16)13(3)8-4-7-12/h10-11H,4-9,12H2,1-3H3. The molecular weight excluding hydrogens is 238 g/mol. The Balaban J connectivity index is 2.69. The lowest BCUT2D eigenvalue weighted by Crippen LogP contribution is -2.45. The molecule has 0 spiro atoms. The Morgan fingerprint density at radius 1 is 1.35 bits per heavy atom. The number of rotatable bonds is 8. The first-order valence-electron chi connectivity index (χ1n) is 6.32. The van der Waals surface area contributed by atoms with Gasteiger partial charge < -0.3 is 5.73 Å². The van der Waals surface area contributed by atoms with Gasteiger partial charge in [-0.2, -0.15) is 17.0 Å². The SMILES string of the molecule is CC(C)CN(C1CC1)S(=O)(=O)N(C)CCCN. The van der Waals surface area contributed by atoms with Gasteiger partial charge in [-0.1, -0.05) is 13.8 Å². The lowest BCUT2D eigenvalue weighted by Gasteiger charge is -2.28. The van der Waals surface area contributed by atoms with Crippen molar-refractivity contribution < 1.29 is 8.42 Å². The quantitative estimate of drug-likeness (QED) is 0.698. The van der Waals surface area contributed by atoms with Gasteiger partial charge in [0.05, 0.1) is 0 Å². The first-order chi connectivity index (χ1) is 7.89. The van der Waals surface area contributed by atoms with Crippen LogP contribution in [-0.2, 0) is 10.2 Å². The second kappa shape index (κ2) is 6.13. The van der Waals surface area contributed by atoms with Crippen molar-refractivity contribution in [1.82, 2.24) is 8.61 Å². The summed E-state index contributed by atoms with van der Waals surface area (Å²) in [6.07, 6.45) is 2.70. The summed E-state index contributed by atoms with van der Waals surface area (Å²) in [7, 11) is -1.65. The molecule has 0 aromatic carbocycles. The van der Waals surface area contributed by atoms with Gasteiger partial charge in [0.25, 0.3) is 10.2 Å². The Bertz CT molecular complexity index is 326. The summed E-state index contributed by atoms with van der Waals surface area (Å²) >= 11 is 0. The number of hydrogen-bond donors (Lipinski definition) is 1. The normalized spacial score (nSPS) is 17.4. The molecule has 0 unspecified atom stereocenters. The predicted molar refractivity (Wildman–Crippen MR) is 69.8 cm³/mol. The van der Waals surface area contributed by atoms with Crippen molar-refractivity contribution >= 4 is 10.2 Å². The maximum Gasteiger partial charge on any atom is 0.281 e. The molecule has 102 valence electrons. The molecule has 0 aromatic rings. The van der Waals surface area contributed by atoms with E-state index >= 15 is 0 Å². The second-order valence-corrected chi connectivity index (χ2v) is 7.15. The zero-order valence-electron chi connectivity index (χ0n) is 11.1. The van der Waals surface area contributed by atoms with E-state index in [0.29, 0.717) is 32.0 Å². The van der Waals surface area contributed by atoms with Crippen molar-refractivity contribution in [1.29, 1.82) is 0 Å². The first kappa shape index (κ1) is 14.9. The monoisotopic (exact) mass is 263 g/mol. The van der Waals surface area contributed by atoms with Crippen LogP contribution in [0.15, 0.2) is 0 Å². The lowest BCUT2D eigenvalue weighted by atomic mass is 10.2. The molecule has 6 heteroatoms. The van der Waals surface area contributed by atoms with Crippen LogP contribution in [0.1, 0.15) is 33.1 Å². The minimum absolute atomic E-state index is 0.225. The third kappa shape index (κ3) is 4.21. The molecule has 0 atom stereocenters. The average Bonchev–Trinajstić information content (AvgIpc) is 3.05. The van der Waals surface area contributed by atoms with Crippen LogP contribution < -0.4 is 5.73 Å². The molecule has 1 rings (SSSR count). The van der Waals surface area contributed by atoms with E-state index in [-0.39, 0.29) is 6.04 Å². The molecule has 1 aliphatic rings. The minimum Gasteiger partial charge on any atom is -0.330 e. The summed E-state index contributed by atoms with van der Waals surface area (Å²) < 4.78 is 27.8. The molecule has 0 aliphatic heterocycles. The third-order valence-corrected chi connectivity index (χ3v) is 4.88. The zero-order valence-corrected chi connectivity index (χ0v) is 11.9. The van der Waals surface area contributed by atoms with Gasteiger partial charge in [-0.25, -0.2) is 0 Å². The van der Waals surface area contributed by atoms with Gasteiger partial charge in [-0.3, -0.25) is 0 Å². The highest BCUT2D eigenvalue weighted by atomic mass is 32.2. The van der Waals surface area contributed by atoms with E-state index in [1.807, 2.05) is 13.8 Å². The average molecular weight is 263 g/mol. The largest absolute Gasteiger partial charge is 0.330 e. The Morgan fingerprint density at radius 3 is 2.35 bits per heavy atom. The van der Waals surface area contributed by atoms with E-state index in [1.165, 1.54) is 4.31 Å². The van der Waals surface area contributed by atoms with Crippen LogP contribution >= 0.6 is 0 Å². The lowest BCUT2D eigenvalue weighted by molar-refractivity contribution is 0.323. The van der Waals surface area contributed by atoms with Gasteiger partial charge in [0.1, 0.15) is 0 Å². The van der Waals surface area contributed by atoms with Gasteiger partial charge in [0.2, 0.25) is 0 Å². The van der Waals surface area contributed by atoms with Crippen LogP contribution in [0.3, 0.4) is 0 Å². The maximum atomic E-state index is 12.4. The number of nitrogens with two attached hydrogens (primary N) is 1. The van der Waals surface area contributed by atoms with Crippen molar-refractivity contribution in [3.8, 4) is 0 Å². The summed E-state index contributed by atoms with van der Waals surface area (Å²) in [5, 5.41) is 0. The summed E-state index contributed by atoms with van der Waals surface area (Å²) in [6.45, 7) is 5.73. The van der Waals surface area contributed by atoms with Gasteiger partial charge in [-0.05, 0) is 31.7 Å². The summed E-state index contributed by atoms with van der Waals surface area (Å²) in [5.41, 5.74) is 5.41. The molecule has 1 aliphatic carbocycles. The van der Waals surface area contributed by atoms with E-state index in [1.54, 1.807) is 11.4 Å². The smallest absolute Gasteiger partial charge is 0.281 e. The van der Waals surface area contributed by atoms with Crippen molar-refractivity contribution in [2.75, 3.05) is 26.7 Å². The highest BCUT2D eigenvalue weighted by Crippen LogP contribution is 2.30. The molecule has 0 heterocycles. The first-order valence-corrected chi connectivity index (χ1v) is 7.72. The van der Waals surface area contributed by atoms with E-state index < -0.39 is 10.2 Å². The van der Waals surface area contributed by atoms with Crippen LogP contribution in [0.25, 0.3) is 0 Å². The summed E-state index contributed by atoms with van der Waals surface area (Å²) in [5.74, 6) is 0.355. The fourth-order valence-corrected chi connectivity index (χ4v) is 3.55. The van der Waals surface area contributed by atoms with Crippen LogP contribution in [0.2, 0.25) is 0 Å². The van der Waals surface area contributed by atoms with Crippen molar-refractivity contribution in [2.45, 2.75) is 39.2 Å². The molecular formula is C11H25N3O2S. The molecule has 17 heavy (non-hydrogen) atoms. The predicted octanol–water partition coefficient (Wildman–Crippen LogP) is 0.632. The fraction of sp³-hybridized carbons (Fsp3) is 1.00. The minimum atomic E-state index is -3.29. The molecule has 0 amide bonds. The van der Waals surface area contributed by atoms with Crippen molar-refractivity contribution in [2.24, 2.45) is 11.7 Å². The van der Waals surface area contributed by atoms with Crippen molar-refractivity contribution in [3.63, 3.8) is 0 Å². The Hall–Kier alpha value is -0.170. The maximum absolute atomic E-state index is 12.4. The molecule has 0 saturated heterocycles. The molecule has 1 fully saturated rings. The van der Waals surface area contributed by atoms with E-state index in [2.05, 4.69) is 0 Å². The molecule has 1 saturated carbocycles. The topological polar surface area (TPSA) is 66.6 Å². The Labute approximate surface area is 105 Å². The van der Waals surface area contributed by atoms with Gasteiger partial charge in [-0.15, -0.1) is 0 Å². The Kier molecular flexibility index (Phi) is 5.37. The molecule has 5 nitrogen and oxygen atoms in total. The molecule has 2 N–H and O–H groups in total. The van der Waals surface area contributed by atoms with E-state index in [4.69, 9.17) is 5.73 Å².